The van der Waals surface area contributed by atoms with Gasteiger partial charge in [-0.25, -0.2) is 0 Å². The van der Waals surface area contributed by atoms with E-state index in [0.717, 1.165) is 0 Å². The number of nitrogens with two attached hydrogens (primary N) is 1. The van der Waals surface area contributed by atoms with E-state index in [-0.39, 0.29) is 24.1 Å². The lowest BCUT2D eigenvalue weighted by atomic mass is 10.2. The Labute approximate surface area is 103 Å². The van der Waals surface area contributed by atoms with Crippen LogP contribution in [-0.2, 0) is 4.79 Å². The molecule has 0 saturated carbocycles. The molecule has 18 heavy (non-hydrogen) atoms. The van der Waals surface area contributed by atoms with Gasteiger partial charge in [-0.2, -0.15) is 0 Å². The summed E-state index contributed by atoms with van der Waals surface area (Å²) >= 11 is 0. The van der Waals surface area contributed by atoms with Crippen LogP contribution in [0.15, 0.2) is 18.3 Å². The largest absolute Gasteiger partial charge is 0.364 e. The number of amides is 3. The first-order valence-corrected chi connectivity index (χ1v) is 5.40. The van der Waals surface area contributed by atoms with Crippen molar-refractivity contribution in [2.75, 3.05) is 19.6 Å². The number of piperazine rings is 1. The zero-order valence-corrected chi connectivity index (χ0v) is 9.55. The fraction of sp³-hybridized carbons (Fsp3) is 0.273. The number of carbonyl (C=O) groups excluding carboxylic acids is 3. The molecule has 0 aliphatic carbocycles. The van der Waals surface area contributed by atoms with Gasteiger partial charge in [0.15, 0.2) is 0 Å². The van der Waals surface area contributed by atoms with Gasteiger partial charge in [0.25, 0.3) is 11.8 Å². The molecule has 1 fully saturated rings. The second-order valence-electron chi connectivity index (χ2n) is 3.87. The van der Waals surface area contributed by atoms with Gasteiger partial charge >= 0.3 is 0 Å². The van der Waals surface area contributed by atoms with E-state index in [1.54, 1.807) is 0 Å². The molecular weight excluding hydrogens is 236 g/mol. The van der Waals surface area contributed by atoms with Crippen LogP contribution in [0.4, 0.5) is 0 Å². The average Bonchev–Trinajstić information content (AvgIpc) is 2.38. The molecule has 7 nitrogen and oxygen atoms in total. The molecule has 1 aliphatic heterocycles. The first-order valence-electron chi connectivity index (χ1n) is 5.40. The molecular formula is C11H12N4O3. The number of primary amides is 1. The monoisotopic (exact) mass is 248 g/mol. The second kappa shape index (κ2) is 4.82. The standard InChI is InChI=1S/C11H12N4O3/c12-10(17)8-5-7(1-2-13-8)11(18)15-4-3-14-9(16)6-15/h1-2,5H,3-4,6H2,(H2,12,17)(H,14,16). The predicted octanol–water partition coefficient (Wildman–Crippen LogP) is -1.25. The Bertz CT molecular complexity index is 515. The smallest absolute Gasteiger partial charge is 0.267 e. The van der Waals surface area contributed by atoms with E-state index in [9.17, 15) is 14.4 Å². The first-order chi connectivity index (χ1) is 8.58. The number of carbonyl (C=O) groups is 3. The topological polar surface area (TPSA) is 105 Å². The summed E-state index contributed by atoms with van der Waals surface area (Å²) in [5.74, 6) is -1.20. The summed E-state index contributed by atoms with van der Waals surface area (Å²) in [5.41, 5.74) is 5.42. The normalized spacial score (nSPS) is 15.1. The fourth-order valence-corrected chi connectivity index (χ4v) is 1.69. The lowest BCUT2D eigenvalue weighted by Crippen LogP contribution is -2.50. The molecule has 2 rings (SSSR count). The molecule has 3 amide bonds. The van der Waals surface area contributed by atoms with Gasteiger partial charge in [-0.15, -0.1) is 0 Å². The number of aromatic nitrogens is 1. The average molecular weight is 248 g/mol. The van der Waals surface area contributed by atoms with Crippen molar-refractivity contribution >= 4 is 17.7 Å². The maximum Gasteiger partial charge on any atom is 0.267 e. The summed E-state index contributed by atoms with van der Waals surface area (Å²) in [7, 11) is 0. The summed E-state index contributed by atoms with van der Waals surface area (Å²) in [6, 6.07) is 2.82. The molecule has 0 unspecified atom stereocenters. The van der Waals surface area contributed by atoms with Gasteiger partial charge in [-0.3, -0.25) is 19.4 Å². The molecule has 0 atom stereocenters. The van der Waals surface area contributed by atoms with Crippen LogP contribution in [0.3, 0.4) is 0 Å². The third-order valence-corrected chi connectivity index (χ3v) is 2.58. The van der Waals surface area contributed by atoms with Crippen molar-refractivity contribution in [1.82, 2.24) is 15.2 Å². The van der Waals surface area contributed by atoms with E-state index in [0.29, 0.717) is 18.7 Å². The maximum absolute atomic E-state index is 12.1. The highest BCUT2D eigenvalue weighted by Gasteiger charge is 2.22. The van der Waals surface area contributed by atoms with E-state index >= 15 is 0 Å². The Kier molecular flexibility index (Phi) is 3.22. The van der Waals surface area contributed by atoms with E-state index in [1.165, 1.54) is 23.2 Å². The van der Waals surface area contributed by atoms with E-state index in [4.69, 9.17) is 5.73 Å². The van der Waals surface area contributed by atoms with E-state index < -0.39 is 5.91 Å². The zero-order valence-electron chi connectivity index (χ0n) is 9.55. The third-order valence-electron chi connectivity index (χ3n) is 2.58. The molecule has 1 aromatic heterocycles. The summed E-state index contributed by atoms with van der Waals surface area (Å²) in [6.45, 7) is 0.893. The lowest BCUT2D eigenvalue weighted by Gasteiger charge is -2.26. The number of nitrogens with one attached hydrogen (secondary N) is 1. The second-order valence-corrected chi connectivity index (χ2v) is 3.87. The first kappa shape index (κ1) is 12.0. The van der Waals surface area contributed by atoms with Crippen LogP contribution in [0.1, 0.15) is 20.8 Å². The van der Waals surface area contributed by atoms with Gasteiger partial charge in [0.2, 0.25) is 5.91 Å². The maximum atomic E-state index is 12.1. The molecule has 0 spiro atoms. The molecule has 2 heterocycles. The third kappa shape index (κ3) is 2.45. The van der Waals surface area contributed by atoms with Gasteiger partial charge < -0.3 is 16.0 Å². The van der Waals surface area contributed by atoms with Gasteiger partial charge in [0, 0.05) is 24.8 Å². The van der Waals surface area contributed by atoms with Crippen molar-refractivity contribution in [3.8, 4) is 0 Å². The Morgan fingerprint density at radius 3 is 2.89 bits per heavy atom. The summed E-state index contributed by atoms with van der Waals surface area (Å²) in [5, 5.41) is 2.63. The van der Waals surface area contributed by atoms with Gasteiger partial charge in [-0.05, 0) is 12.1 Å². The van der Waals surface area contributed by atoms with Crippen molar-refractivity contribution in [1.29, 1.82) is 0 Å². The van der Waals surface area contributed by atoms with Gasteiger partial charge in [-0.1, -0.05) is 0 Å². The van der Waals surface area contributed by atoms with Crippen molar-refractivity contribution in [2.24, 2.45) is 5.73 Å². The van der Waals surface area contributed by atoms with E-state index in [2.05, 4.69) is 10.3 Å². The molecule has 1 aromatic rings. The summed E-state index contributed by atoms with van der Waals surface area (Å²) in [6.07, 6.45) is 1.34. The molecule has 3 N–H and O–H groups in total. The minimum Gasteiger partial charge on any atom is -0.364 e. The van der Waals surface area contributed by atoms with Crippen molar-refractivity contribution < 1.29 is 14.4 Å². The van der Waals surface area contributed by atoms with Crippen LogP contribution < -0.4 is 11.1 Å². The van der Waals surface area contributed by atoms with E-state index in [1.807, 2.05) is 0 Å². The van der Waals surface area contributed by atoms with Crippen molar-refractivity contribution in [3.63, 3.8) is 0 Å². The Morgan fingerprint density at radius 1 is 1.44 bits per heavy atom. The highest BCUT2D eigenvalue weighted by atomic mass is 16.2. The predicted molar refractivity (Wildman–Crippen MR) is 61.7 cm³/mol. The number of hydrogen-bond donors (Lipinski definition) is 2. The molecule has 1 aliphatic rings. The van der Waals surface area contributed by atoms with Gasteiger partial charge in [0.1, 0.15) is 5.69 Å². The lowest BCUT2D eigenvalue weighted by molar-refractivity contribution is -0.123. The van der Waals surface area contributed by atoms with Crippen LogP contribution in [-0.4, -0.2) is 47.2 Å². The molecule has 0 aromatic carbocycles. The highest BCUT2D eigenvalue weighted by molar-refractivity contribution is 5.99. The fourth-order valence-electron chi connectivity index (χ4n) is 1.69. The zero-order chi connectivity index (χ0) is 13.1. The minimum absolute atomic E-state index is 0.0209. The highest BCUT2D eigenvalue weighted by Crippen LogP contribution is 2.07. The SMILES string of the molecule is NC(=O)c1cc(C(=O)N2CCNC(=O)C2)ccn1. The summed E-state index contributed by atoms with van der Waals surface area (Å²) < 4.78 is 0. The number of hydrogen-bond acceptors (Lipinski definition) is 4. The van der Waals surface area contributed by atoms with Crippen LogP contribution >= 0.6 is 0 Å². The molecule has 0 radical (unpaired) electrons. The Hall–Kier alpha value is -2.44. The van der Waals surface area contributed by atoms with Crippen LogP contribution in [0.2, 0.25) is 0 Å². The molecule has 7 heteroatoms. The Morgan fingerprint density at radius 2 is 2.22 bits per heavy atom. The summed E-state index contributed by atoms with van der Waals surface area (Å²) in [4.78, 5) is 39.4. The van der Waals surface area contributed by atoms with Crippen molar-refractivity contribution in [3.05, 3.63) is 29.6 Å². The van der Waals surface area contributed by atoms with Crippen molar-refractivity contribution in [2.45, 2.75) is 0 Å². The molecule has 1 saturated heterocycles. The van der Waals surface area contributed by atoms with Crippen LogP contribution in [0.25, 0.3) is 0 Å². The van der Waals surface area contributed by atoms with Crippen LogP contribution in [0.5, 0.6) is 0 Å². The van der Waals surface area contributed by atoms with Crippen LogP contribution in [0, 0.1) is 0 Å². The Balaban J connectivity index is 2.20. The molecule has 94 valence electrons. The quantitative estimate of drug-likeness (QED) is 0.682. The number of pyridine rings is 1. The number of nitrogens with zero attached hydrogens (tertiary/aromatic N) is 2. The number of rotatable bonds is 2. The molecule has 0 bridgehead atoms. The van der Waals surface area contributed by atoms with Gasteiger partial charge in [0.05, 0.1) is 6.54 Å². The minimum atomic E-state index is -0.693.